The van der Waals surface area contributed by atoms with E-state index in [-0.39, 0.29) is 11.9 Å². The van der Waals surface area contributed by atoms with Gasteiger partial charge in [0.15, 0.2) is 0 Å². The number of nitrogens with one attached hydrogen (secondary N) is 1. The van der Waals surface area contributed by atoms with Gasteiger partial charge in [0.1, 0.15) is 5.69 Å². The van der Waals surface area contributed by atoms with Gasteiger partial charge in [-0.2, -0.15) is 0 Å². The monoisotopic (exact) mass is 211 g/mol. The number of carbonyl (C=O) groups is 1. The second-order valence-corrected chi connectivity index (χ2v) is 4.14. The summed E-state index contributed by atoms with van der Waals surface area (Å²) in [6.45, 7) is 4.57. The van der Waals surface area contributed by atoms with Crippen molar-refractivity contribution in [1.29, 1.82) is 0 Å². The number of hydrogen-bond acceptors (Lipinski definition) is 4. The van der Waals surface area contributed by atoms with E-state index in [0.717, 1.165) is 19.6 Å². The zero-order valence-electron chi connectivity index (χ0n) is 8.06. The van der Waals surface area contributed by atoms with Crippen LogP contribution in [-0.4, -0.2) is 41.5 Å². The average Bonchev–Trinajstić information content (AvgIpc) is 2.70. The summed E-state index contributed by atoms with van der Waals surface area (Å²) in [5.74, 6) is 0.0558. The molecule has 1 N–H and O–H groups in total. The van der Waals surface area contributed by atoms with Crippen LogP contribution < -0.4 is 5.32 Å². The van der Waals surface area contributed by atoms with Crippen LogP contribution in [0.15, 0.2) is 10.9 Å². The van der Waals surface area contributed by atoms with Crippen molar-refractivity contribution in [2.45, 2.75) is 13.0 Å². The molecule has 4 nitrogen and oxygen atoms in total. The molecule has 2 heterocycles. The van der Waals surface area contributed by atoms with Gasteiger partial charge in [0.05, 0.1) is 5.51 Å². The molecule has 0 bridgehead atoms. The second-order valence-electron chi connectivity index (χ2n) is 3.43. The molecule has 14 heavy (non-hydrogen) atoms. The Morgan fingerprint density at radius 2 is 2.64 bits per heavy atom. The Morgan fingerprint density at radius 1 is 1.79 bits per heavy atom. The van der Waals surface area contributed by atoms with Crippen LogP contribution in [0.1, 0.15) is 17.4 Å². The number of piperazine rings is 1. The highest BCUT2D eigenvalue weighted by Crippen LogP contribution is 2.10. The first-order valence-corrected chi connectivity index (χ1v) is 5.63. The highest BCUT2D eigenvalue weighted by molar-refractivity contribution is 7.07. The average molecular weight is 211 g/mol. The molecule has 5 heteroatoms. The highest BCUT2D eigenvalue weighted by Gasteiger charge is 2.24. The van der Waals surface area contributed by atoms with E-state index < -0.39 is 0 Å². The molecular weight excluding hydrogens is 198 g/mol. The smallest absolute Gasteiger partial charge is 0.273 e. The third kappa shape index (κ3) is 1.78. The number of hydrogen-bond donors (Lipinski definition) is 1. The van der Waals surface area contributed by atoms with Crippen LogP contribution >= 0.6 is 11.3 Å². The third-order valence-corrected chi connectivity index (χ3v) is 3.00. The minimum absolute atomic E-state index is 0.0558. The lowest BCUT2D eigenvalue weighted by Crippen LogP contribution is -2.52. The maximum atomic E-state index is 11.9. The van der Waals surface area contributed by atoms with Crippen LogP contribution in [-0.2, 0) is 0 Å². The molecule has 1 aliphatic heterocycles. The molecule has 0 radical (unpaired) electrons. The first kappa shape index (κ1) is 9.61. The van der Waals surface area contributed by atoms with Crippen molar-refractivity contribution < 1.29 is 4.79 Å². The summed E-state index contributed by atoms with van der Waals surface area (Å²) in [5, 5.41) is 5.06. The van der Waals surface area contributed by atoms with Crippen molar-refractivity contribution in [2.75, 3.05) is 19.6 Å². The summed E-state index contributed by atoms with van der Waals surface area (Å²) in [5.41, 5.74) is 2.27. The topological polar surface area (TPSA) is 45.2 Å². The van der Waals surface area contributed by atoms with Gasteiger partial charge in [-0.3, -0.25) is 4.79 Å². The van der Waals surface area contributed by atoms with E-state index in [1.165, 1.54) is 11.3 Å². The van der Waals surface area contributed by atoms with Crippen molar-refractivity contribution >= 4 is 17.2 Å². The Kier molecular flexibility index (Phi) is 2.79. The fourth-order valence-electron chi connectivity index (χ4n) is 1.61. The Balaban J connectivity index is 2.10. The molecule has 1 saturated heterocycles. The van der Waals surface area contributed by atoms with Gasteiger partial charge >= 0.3 is 0 Å². The number of rotatable bonds is 1. The van der Waals surface area contributed by atoms with Gasteiger partial charge in [0.25, 0.3) is 5.91 Å². The first-order valence-electron chi connectivity index (χ1n) is 4.69. The van der Waals surface area contributed by atoms with E-state index in [1.54, 1.807) is 10.9 Å². The van der Waals surface area contributed by atoms with Crippen LogP contribution in [0.4, 0.5) is 0 Å². The lowest BCUT2D eigenvalue weighted by Gasteiger charge is -2.33. The quantitative estimate of drug-likeness (QED) is 0.739. The van der Waals surface area contributed by atoms with Crippen LogP contribution in [0.5, 0.6) is 0 Å². The van der Waals surface area contributed by atoms with E-state index in [0.29, 0.717) is 5.69 Å². The second kappa shape index (κ2) is 4.06. The van der Waals surface area contributed by atoms with Crippen molar-refractivity contribution in [2.24, 2.45) is 0 Å². The zero-order valence-corrected chi connectivity index (χ0v) is 8.88. The number of thiazole rings is 1. The van der Waals surface area contributed by atoms with Crippen LogP contribution in [0, 0.1) is 0 Å². The third-order valence-electron chi connectivity index (χ3n) is 2.41. The van der Waals surface area contributed by atoms with Gasteiger partial charge in [0, 0.05) is 31.1 Å². The van der Waals surface area contributed by atoms with Gasteiger partial charge in [-0.15, -0.1) is 11.3 Å². The summed E-state index contributed by atoms with van der Waals surface area (Å²) in [7, 11) is 0. The fraction of sp³-hybridized carbons (Fsp3) is 0.556. The van der Waals surface area contributed by atoms with E-state index in [4.69, 9.17) is 0 Å². The molecule has 0 aliphatic carbocycles. The normalized spacial score (nSPS) is 22.4. The molecule has 0 saturated carbocycles. The summed E-state index contributed by atoms with van der Waals surface area (Å²) < 4.78 is 0. The lowest BCUT2D eigenvalue weighted by molar-refractivity contribution is 0.0650. The minimum atomic E-state index is 0.0558. The molecule has 1 atom stereocenters. The van der Waals surface area contributed by atoms with E-state index in [1.807, 2.05) is 4.90 Å². The Morgan fingerprint density at radius 3 is 3.29 bits per heavy atom. The molecule has 1 aromatic rings. The van der Waals surface area contributed by atoms with Crippen molar-refractivity contribution in [1.82, 2.24) is 15.2 Å². The Hall–Kier alpha value is -0.940. The molecular formula is C9H13N3OS. The standard InChI is InChI=1S/C9H13N3OS/c1-7-4-10-2-3-12(7)9(13)8-5-14-6-11-8/h5-7,10H,2-4H2,1H3/t7-/m0/s1. The summed E-state index contributed by atoms with van der Waals surface area (Å²) in [6.07, 6.45) is 0. The van der Waals surface area contributed by atoms with Crippen LogP contribution in [0.25, 0.3) is 0 Å². The van der Waals surface area contributed by atoms with Gasteiger partial charge in [-0.25, -0.2) is 4.98 Å². The largest absolute Gasteiger partial charge is 0.332 e. The summed E-state index contributed by atoms with van der Waals surface area (Å²) in [6, 6.07) is 0.262. The van der Waals surface area contributed by atoms with Crippen LogP contribution in [0.3, 0.4) is 0 Å². The van der Waals surface area contributed by atoms with E-state index in [2.05, 4.69) is 17.2 Å². The summed E-state index contributed by atoms with van der Waals surface area (Å²) in [4.78, 5) is 17.8. The van der Waals surface area contributed by atoms with Crippen molar-refractivity contribution in [3.63, 3.8) is 0 Å². The van der Waals surface area contributed by atoms with Gasteiger partial charge in [-0.05, 0) is 6.92 Å². The van der Waals surface area contributed by atoms with Crippen LogP contribution in [0.2, 0.25) is 0 Å². The number of aromatic nitrogens is 1. The van der Waals surface area contributed by atoms with Crippen molar-refractivity contribution in [3.8, 4) is 0 Å². The predicted molar refractivity (Wildman–Crippen MR) is 55.5 cm³/mol. The molecule has 0 aromatic carbocycles. The lowest BCUT2D eigenvalue weighted by atomic mass is 10.2. The molecule has 1 amide bonds. The molecule has 76 valence electrons. The predicted octanol–water partition coefficient (Wildman–Crippen LogP) is 0.577. The molecule has 1 aliphatic rings. The molecule has 0 spiro atoms. The van der Waals surface area contributed by atoms with E-state index >= 15 is 0 Å². The van der Waals surface area contributed by atoms with E-state index in [9.17, 15) is 4.79 Å². The molecule has 1 fully saturated rings. The Bertz CT molecular complexity index is 312. The van der Waals surface area contributed by atoms with Gasteiger partial charge in [-0.1, -0.05) is 0 Å². The number of carbonyl (C=O) groups excluding carboxylic acids is 1. The summed E-state index contributed by atoms with van der Waals surface area (Å²) >= 11 is 1.46. The molecule has 2 rings (SSSR count). The highest BCUT2D eigenvalue weighted by atomic mass is 32.1. The van der Waals surface area contributed by atoms with Gasteiger partial charge < -0.3 is 10.2 Å². The molecule has 1 aromatic heterocycles. The maximum Gasteiger partial charge on any atom is 0.273 e. The number of amides is 1. The minimum Gasteiger partial charge on any atom is -0.332 e. The van der Waals surface area contributed by atoms with Crippen molar-refractivity contribution in [3.05, 3.63) is 16.6 Å². The SMILES string of the molecule is C[C@H]1CNCCN1C(=O)c1cscn1. The first-order chi connectivity index (χ1) is 6.79. The molecule has 0 unspecified atom stereocenters. The number of nitrogens with zero attached hydrogens (tertiary/aromatic N) is 2. The zero-order chi connectivity index (χ0) is 9.97. The maximum absolute atomic E-state index is 11.9. The Labute approximate surface area is 86.9 Å². The fourth-order valence-corrected chi connectivity index (χ4v) is 2.13. The van der Waals surface area contributed by atoms with Gasteiger partial charge in [0.2, 0.25) is 0 Å².